The highest BCUT2D eigenvalue weighted by molar-refractivity contribution is 7.09. The van der Waals surface area contributed by atoms with Crippen LogP contribution in [0, 0.1) is 10.1 Å². The van der Waals surface area contributed by atoms with Crippen molar-refractivity contribution in [3.63, 3.8) is 0 Å². The highest BCUT2D eigenvalue weighted by atomic mass is 32.1. The second-order valence-corrected chi connectivity index (χ2v) is 7.27. The van der Waals surface area contributed by atoms with E-state index in [1.54, 1.807) is 23.5 Å². The number of carbonyl (C=O) groups is 1. The van der Waals surface area contributed by atoms with E-state index in [-0.39, 0.29) is 22.6 Å². The van der Waals surface area contributed by atoms with Gasteiger partial charge in [-0.3, -0.25) is 19.8 Å². The molecule has 26 heavy (non-hydrogen) atoms. The van der Waals surface area contributed by atoms with Crippen LogP contribution in [0.4, 0.5) is 11.4 Å². The number of nitrogens with zero attached hydrogens (tertiary/aromatic N) is 3. The van der Waals surface area contributed by atoms with Gasteiger partial charge in [-0.15, -0.1) is 11.3 Å². The third-order valence-corrected chi connectivity index (χ3v) is 5.55. The quantitative estimate of drug-likeness (QED) is 0.621. The summed E-state index contributed by atoms with van der Waals surface area (Å²) in [5, 5.41) is 16.2. The van der Waals surface area contributed by atoms with Crippen molar-refractivity contribution >= 4 is 28.6 Å². The molecule has 2 aromatic rings. The van der Waals surface area contributed by atoms with Crippen LogP contribution in [-0.2, 0) is 11.3 Å². The summed E-state index contributed by atoms with van der Waals surface area (Å²) >= 11 is 1.62. The Kier molecular flexibility index (Phi) is 5.85. The van der Waals surface area contributed by atoms with Crippen LogP contribution in [0.2, 0.25) is 0 Å². The van der Waals surface area contributed by atoms with Crippen LogP contribution in [0.1, 0.15) is 11.8 Å². The highest BCUT2D eigenvalue weighted by Crippen LogP contribution is 2.28. The van der Waals surface area contributed by atoms with Crippen molar-refractivity contribution in [2.45, 2.75) is 19.5 Å². The van der Waals surface area contributed by atoms with Crippen LogP contribution in [0.3, 0.4) is 0 Å². The van der Waals surface area contributed by atoms with Gasteiger partial charge in [-0.25, -0.2) is 0 Å². The number of carbonyl (C=O) groups excluding carboxylic acids is 1. The molecule has 1 fully saturated rings. The van der Waals surface area contributed by atoms with Gasteiger partial charge >= 0.3 is 0 Å². The van der Waals surface area contributed by atoms with Gasteiger partial charge in [-0.1, -0.05) is 18.2 Å². The molecule has 1 aliphatic heterocycles. The van der Waals surface area contributed by atoms with Gasteiger partial charge in [0.05, 0.1) is 17.5 Å². The molecule has 0 spiro atoms. The summed E-state index contributed by atoms with van der Waals surface area (Å²) in [5.74, 6) is 0.0116. The molecule has 0 unspecified atom stereocenters. The summed E-state index contributed by atoms with van der Waals surface area (Å²) < 4.78 is 0. The molecule has 3 rings (SSSR count). The Balaban J connectivity index is 1.54. The van der Waals surface area contributed by atoms with Gasteiger partial charge in [0, 0.05) is 37.1 Å². The van der Waals surface area contributed by atoms with Crippen LogP contribution < -0.4 is 10.2 Å². The maximum Gasteiger partial charge on any atom is 0.292 e. The van der Waals surface area contributed by atoms with E-state index >= 15 is 0 Å². The maximum atomic E-state index is 12.4. The Morgan fingerprint density at radius 2 is 1.96 bits per heavy atom. The predicted octanol–water partition coefficient (Wildman–Crippen LogP) is 2.48. The van der Waals surface area contributed by atoms with Gasteiger partial charge in [-0.2, -0.15) is 0 Å². The van der Waals surface area contributed by atoms with Crippen LogP contribution in [0.5, 0.6) is 0 Å². The van der Waals surface area contributed by atoms with E-state index in [0.717, 1.165) is 4.88 Å². The molecule has 0 aliphatic carbocycles. The second kappa shape index (κ2) is 8.29. The number of hydrogen-bond acceptors (Lipinski definition) is 6. The molecule has 1 saturated heterocycles. The Morgan fingerprint density at radius 1 is 1.23 bits per heavy atom. The van der Waals surface area contributed by atoms with Crippen molar-refractivity contribution in [3.05, 3.63) is 56.8 Å². The van der Waals surface area contributed by atoms with Crippen LogP contribution in [-0.4, -0.2) is 48.0 Å². The van der Waals surface area contributed by atoms with Gasteiger partial charge in [0.15, 0.2) is 0 Å². The molecule has 8 heteroatoms. The first kappa shape index (κ1) is 18.3. The van der Waals surface area contributed by atoms with E-state index in [9.17, 15) is 14.9 Å². The molecule has 1 N–H and O–H groups in total. The average molecular weight is 374 g/mol. The number of rotatable bonds is 6. The molecular weight excluding hydrogens is 352 g/mol. The molecule has 0 saturated carbocycles. The molecule has 1 aromatic carbocycles. The molecular formula is C18H22N4O3S. The van der Waals surface area contributed by atoms with Gasteiger partial charge in [0.2, 0.25) is 5.91 Å². The Hall–Kier alpha value is -2.45. The van der Waals surface area contributed by atoms with E-state index in [2.05, 4.69) is 10.2 Å². The van der Waals surface area contributed by atoms with Crippen LogP contribution >= 0.6 is 11.3 Å². The number of para-hydroxylation sites is 2. The first-order valence-electron chi connectivity index (χ1n) is 8.59. The summed E-state index contributed by atoms with van der Waals surface area (Å²) in [5.41, 5.74) is 0.773. The normalized spacial score (nSPS) is 16.3. The van der Waals surface area contributed by atoms with Crippen molar-refractivity contribution in [1.82, 2.24) is 10.2 Å². The van der Waals surface area contributed by atoms with Gasteiger partial charge in [0.1, 0.15) is 5.69 Å². The van der Waals surface area contributed by atoms with E-state index < -0.39 is 0 Å². The zero-order valence-electron chi connectivity index (χ0n) is 14.6. The third-order valence-electron chi connectivity index (χ3n) is 4.68. The molecule has 1 atom stereocenters. The zero-order valence-corrected chi connectivity index (χ0v) is 15.4. The van der Waals surface area contributed by atoms with E-state index in [4.69, 9.17) is 0 Å². The van der Waals surface area contributed by atoms with E-state index in [1.807, 2.05) is 35.4 Å². The average Bonchev–Trinajstić information content (AvgIpc) is 3.19. The maximum absolute atomic E-state index is 12.4. The number of anilines is 1. The van der Waals surface area contributed by atoms with Crippen molar-refractivity contribution in [2.24, 2.45) is 0 Å². The topological polar surface area (TPSA) is 78.7 Å². The lowest BCUT2D eigenvalue weighted by atomic mass is 10.2. The summed E-state index contributed by atoms with van der Waals surface area (Å²) in [4.78, 5) is 28.5. The molecule has 1 aliphatic rings. The molecule has 138 valence electrons. The number of thiophene rings is 1. The molecule has 0 radical (unpaired) electrons. The largest absolute Gasteiger partial charge is 0.363 e. The van der Waals surface area contributed by atoms with Crippen molar-refractivity contribution in [2.75, 3.05) is 31.1 Å². The van der Waals surface area contributed by atoms with Crippen LogP contribution in [0.15, 0.2) is 41.8 Å². The summed E-state index contributed by atoms with van der Waals surface area (Å²) in [6.45, 7) is 5.17. The van der Waals surface area contributed by atoms with E-state index in [0.29, 0.717) is 38.4 Å². The number of nitro groups is 1. The molecule has 2 heterocycles. The van der Waals surface area contributed by atoms with Crippen molar-refractivity contribution in [1.29, 1.82) is 0 Å². The number of nitrogens with one attached hydrogen (secondary N) is 1. The summed E-state index contributed by atoms with van der Waals surface area (Å²) in [7, 11) is 0. The zero-order chi connectivity index (χ0) is 18.5. The number of amides is 1. The fraction of sp³-hybridized carbons (Fsp3) is 0.389. The van der Waals surface area contributed by atoms with Crippen molar-refractivity contribution < 1.29 is 9.72 Å². The highest BCUT2D eigenvalue weighted by Gasteiger charge is 2.28. The van der Waals surface area contributed by atoms with Crippen molar-refractivity contribution in [3.8, 4) is 0 Å². The molecule has 1 aromatic heterocycles. The van der Waals surface area contributed by atoms with Gasteiger partial charge < -0.3 is 10.2 Å². The lowest BCUT2D eigenvalue weighted by Crippen LogP contribution is -2.53. The van der Waals surface area contributed by atoms with Gasteiger partial charge in [-0.05, 0) is 24.4 Å². The Labute approximate surface area is 156 Å². The number of benzene rings is 1. The standard InChI is InChI=1S/C18H22N4O3S/c1-14(18(23)19-13-15-5-4-12-26-15)20-8-10-21(11-9-20)16-6-2-3-7-17(16)22(24)25/h2-7,12,14H,8-11,13H2,1H3,(H,19,23)/t14-/m1/s1. The Morgan fingerprint density at radius 3 is 2.62 bits per heavy atom. The van der Waals surface area contributed by atoms with Gasteiger partial charge in [0.25, 0.3) is 5.69 Å². The monoisotopic (exact) mass is 374 g/mol. The van der Waals surface area contributed by atoms with E-state index in [1.165, 1.54) is 6.07 Å². The SMILES string of the molecule is C[C@H](C(=O)NCc1cccs1)N1CCN(c2ccccc2[N+](=O)[O-])CC1. The third kappa shape index (κ3) is 4.20. The number of piperazine rings is 1. The Bertz CT molecular complexity index is 758. The lowest BCUT2D eigenvalue weighted by Gasteiger charge is -2.38. The first-order chi connectivity index (χ1) is 12.6. The number of hydrogen-bond donors (Lipinski definition) is 1. The molecule has 7 nitrogen and oxygen atoms in total. The minimum Gasteiger partial charge on any atom is -0.363 e. The predicted molar refractivity (Wildman–Crippen MR) is 103 cm³/mol. The second-order valence-electron chi connectivity index (χ2n) is 6.24. The fourth-order valence-corrected chi connectivity index (χ4v) is 3.78. The molecule has 1 amide bonds. The number of nitro benzene ring substituents is 1. The smallest absolute Gasteiger partial charge is 0.292 e. The summed E-state index contributed by atoms with van der Waals surface area (Å²) in [6.07, 6.45) is 0. The first-order valence-corrected chi connectivity index (χ1v) is 9.46. The minimum absolute atomic E-state index is 0.0116. The van der Waals surface area contributed by atoms with Crippen LogP contribution in [0.25, 0.3) is 0 Å². The lowest BCUT2D eigenvalue weighted by molar-refractivity contribution is -0.384. The molecule has 0 bridgehead atoms. The summed E-state index contributed by atoms with van der Waals surface area (Å²) in [6, 6.07) is 10.6. The minimum atomic E-state index is -0.345. The fourth-order valence-electron chi connectivity index (χ4n) is 3.14.